The highest BCUT2D eigenvalue weighted by Gasteiger charge is 2.29. The van der Waals surface area contributed by atoms with E-state index in [2.05, 4.69) is 9.62 Å². The first-order valence-corrected chi connectivity index (χ1v) is 12.3. The number of carbonyl (C=O) groups excluding carboxylic acids is 1. The quantitative estimate of drug-likeness (QED) is 0.758. The van der Waals surface area contributed by atoms with Crippen molar-refractivity contribution in [2.24, 2.45) is 0 Å². The maximum absolute atomic E-state index is 12.8. The molecule has 0 aromatic heterocycles. The largest absolute Gasteiger partial charge is 0.377 e. The van der Waals surface area contributed by atoms with Gasteiger partial charge in [0.25, 0.3) is 5.91 Å². The van der Waals surface area contributed by atoms with Crippen LogP contribution in [0.15, 0.2) is 29.2 Å². The molecule has 3 aliphatic heterocycles. The van der Waals surface area contributed by atoms with Crippen molar-refractivity contribution >= 4 is 15.9 Å². The van der Waals surface area contributed by atoms with E-state index in [1.54, 1.807) is 12.1 Å². The minimum Gasteiger partial charge on any atom is -0.377 e. The van der Waals surface area contributed by atoms with Crippen LogP contribution in [0.3, 0.4) is 0 Å². The fourth-order valence-electron chi connectivity index (χ4n) is 4.59. The lowest BCUT2D eigenvalue weighted by Crippen LogP contribution is -2.45. The summed E-state index contributed by atoms with van der Waals surface area (Å²) in [7, 11) is -3.59. The lowest BCUT2D eigenvalue weighted by atomic mass is 10.0. The van der Waals surface area contributed by atoms with E-state index in [-0.39, 0.29) is 23.5 Å². The first-order chi connectivity index (χ1) is 14.0. The molecule has 1 N–H and O–H groups in total. The van der Waals surface area contributed by atoms with Crippen molar-refractivity contribution in [3.63, 3.8) is 0 Å². The second-order valence-corrected chi connectivity index (χ2v) is 10.0. The average molecular weight is 422 g/mol. The van der Waals surface area contributed by atoms with Gasteiger partial charge in [0.05, 0.1) is 11.0 Å². The van der Waals surface area contributed by atoms with Gasteiger partial charge in [0.15, 0.2) is 0 Å². The molecule has 0 spiro atoms. The summed E-state index contributed by atoms with van der Waals surface area (Å²) in [5, 5.41) is 0. The molecule has 3 aliphatic rings. The number of sulfonamides is 1. The van der Waals surface area contributed by atoms with Gasteiger partial charge in [-0.3, -0.25) is 4.79 Å². The van der Waals surface area contributed by atoms with E-state index >= 15 is 0 Å². The van der Waals surface area contributed by atoms with Gasteiger partial charge in [-0.2, -0.15) is 0 Å². The topological polar surface area (TPSA) is 78.9 Å². The maximum atomic E-state index is 12.8. The van der Waals surface area contributed by atoms with Crippen LogP contribution in [0.2, 0.25) is 0 Å². The Morgan fingerprint density at radius 3 is 2.31 bits per heavy atom. The number of rotatable bonds is 6. The number of likely N-dealkylation sites (tertiary alicyclic amines) is 2. The summed E-state index contributed by atoms with van der Waals surface area (Å²) in [6, 6.07) is 6.87. The van der Waals surface area contributed by atoms with Crippen LogP contribution in [-0.4, -0.2) is 75.6 Å². The molecule has 0 bridgehead atoms. The van der Waals surface area contributed by atoms with Crippen LogP contribution >= 0.6 is 0 Å². The molecule has 160 valence electrons. The number of nitrogens with zero attached hydrogens (tertiary/aromatic N) is 2. The van der Waals surface area contributed by atoms with Gasteiger partial charge < -0.3 is 14.5 Å². The molecule has 8 heteroatoms. The summed E-state index contributed by atoms with van der Waals surface area (Å²) in [5.74, 6) is -0.0128. The van der Waals surface area contributed by atoms with Gasteiger partial charge in [-0.15, -0.1) is 0 Å². The molecule has 3 fully saturated rings. The fraction of sp³-hybridized carbons (Fsp3) is 0.667. The molecular formula is C21H31N3O4S. The molecule has 1 aromatic rings. The van der Waals surface area contributed by atoms with Gasteiger partial charge >= 0.3 is 0 Å². The summed E-state index contributed by atoms with van der Waals surface area (Å²) in [5.41, 5.74) is 0.544. The minimum atomic E-state index is -3.59. The van der Waals surface area contributed by atoms with E-state index in [4.69, 9.17) is 4.74 Å². The third-order valence-corrected chi connectivity index (χ3v) is 7.78. The van der Waals surface area contributed by atoms with Crippen LogP contribution < -0.4 is 4.72 Å². The molecule has 0 saturated carbocycles. The number of nitrogens with one attached hydrogen (secondary N) is 1. The number of hydrogen-bond donors (Lipinski definition) is 1. The zero-order chi connectivity index (χ0) is 20.3. The second kappa shape index (κ2) is 9.12. The monoisotopic (exact) mass is 421 g/mol. The highest BCUT2D eigenvalue weighted by molar-refractivity contribution is 7.89. The lowest BCUT2D eigenvalue weighted by molar-refractivity contribution is 0.0644. The third-order valence-electron chi connectivity index (χ3n) is 6.35. The fourth-order valence-corrected chi connectivity index (χ4v) is 5.66. The van der Waals surface area contributed by atoms with E-state index in [0.29, 0.717) is 18.2 Å². The van der Waals surface area contributed by atoms with Gasteiger partial charge in [-0.1, -0.05) is 0 Å². The highest BCUT2D eigenvalue weighted by Crippen LogP contribution is 2.22. The van der Waals surface area contributed by atoms with Crippen molar-refractivity contribution in [3.05, 3.63) is 29.8 Å². The van der Waals surface area contributed by atoms with E-state index in [1.165, 1.54) is 38.1 Å². The first kappa shape index (κ1) is 20.8. The van der Waals surface area contributed by atoms with E-state index < -0.39 is 10.0 Å². The van der Waals surface area contributed by atoms with Crippen LogP contribution in [0.25, 0.3) is 0 Å². The number of piperidine rings is 1. The average Bonchev–Trinajstić information content (AvgIpc) is 3.46. The predicted molar refractivity (Wildman–Crippen MR) is 110 cm³/mol. The lowest BCUT2D eigenvalue weighted by Gasteiger charge is -2.36. The molecular weight excluding hydrogens is 390 g/mol. The standard InChI is InChI=1S/C21H31N3O4S/c25-21(24-13-9-18(10-14-24)23-11-1-2-12-23)17-5-7-20(8-6-17)29(26,27)22-16-19-4-3-15-28-19/h5-8,18-19,22H,1-4,9-16H2. The summed E-state index contributed by atoms with van der Waals surface area (Å²) >= 11 is 0. The Labute approximate surface area is 173 Å². The zero-order valence-corrected chi connectivity index (χ0v) is 17.7. The summed E-state index contributed by atoms with van der Waals surface area (Å²) in [6.45, 7) is 4.89. The molecule has 0 aliphatic carbocycles. The van der Waals surface area contributed by atoms with Crippen LogP contribution in [0, 0.1) is 0 Å². The molecule has 0 radical (unpaired) electrons. The Hall–Kier alpha value is -1.48. The predicted octanol–water partition coefficient (Wildman–Crippen LogP) is 1.84. The molecule has 1 atom stereocenters. The van der Waals surface area contributed by atoms with Crippen molar-refractivity contribution < 1.29 is 17.9 Å². The van der Waals surface area contributed by atoms with Crippen molar-refractivity contribution in [2.75, 3.05) is 39.3 Å². The van der Waals surface area contributed by atoms with Crippen LogP contribution in [-0.2, 0) is 14.8 Å². The molecule has 1 aromatic carbocycles. The van der Waals surface area contributed by atoms with Crippen molar-refractivity contribution in [1.29, 1.82) is 0 Å². The first-order valence-electron chi connectivity index (χ1n) is 10.8. The minimum absolute atomic E-state index is 0.0128. The van der Waals surface area contributed by atoms with E-state index in [9.17, 15) is 13.2 Å². The zero-order valence-electron chi connectivity index (χ0n) is 16.9. The normalized spacial score (nSPS) is 24.3. The summed E-state index contributed by atoms with van der Waals surface area (Å²) in [4.78, 5) is 17.5. The smallest absolute Gasteiger partial charge is 0.253 e. The number of amides is 1. The number of hydrogen-bond acceptors (Lipinski definition) is 5. The number of carbonyl (C=O) groups is 1. The van der Waals surface area contributed by atoms with Gasteiger partial charge in [0, 0.05) is 37.8 Å². The van der Waals surface area contributed by atoms with Gasteiger partial charge in [0.2, 0.25) is 10.0 Å². The van der Waals surface area contributed by atoms with E-state index in [1.807, 2.05) is 4.90 Å². The van der Waals surface area contributed by atoms with Crippen molar-refractivity contribution in [2.45, 2.75) is 55.6 Å². The Morgan fingerprint density at radius 2 is 1.69 bits per heavy atom. The Bertz CT molecular complexity index is 792. The van der Waals surface area contributed by atoms with Gasteiger partial charge in [0.1, 0.15) is 0 Å². The second-order valence-electron chi connectivity index (χ2n) is 8.28. The highest BCUT2D eigenvalue weighted by atomic mass is 32.2. The third kappa shape index (κ3) is 4.99. The molecule has 1 amide bonds. The Balaban J connectivity index is 1.31. The van der Waals surface area contributed by atoms with Gasteiger partial charge in [-0.25, -0.2) is 13.1 Å². The number of ether oxygens (including phenoxy) is 1. The van der Waals surface area contributed by atoms with Crippen molar-refractivity contribution in [3.8, 4) is 0 Å². The Morgan fingerprint density at radius 1 is 1.00 bits per heavy atom. The molecule has 3 saturated heterocycles. The van der Waals surface area contributed by atoms with Crippen LogP contribution in [0.5, 0.6) is 0 Å². The summed E-state index contributed by atoms with van der Waals surface area (Å²) < 4.78 is 33.0. The summed E-state index contributed by atoms with van der Waals surface area (Å²) in [6.07, 6.45) is 6.42. The number of benzene rings is 1. The van der Waals surface area contributed by atoms with Crippen LogP contribution in [0.1, 0.15) is 48.9 Å². The maximum Gasteiger partial charge on any atom is 0.253 e. The SMILES string of the molecule is O=C(c1ccc(S(=O)(=O)NCC2CCCO2)cc1)N1CCC(N2CCCC2)CC1. The van der Waals surface area contributed by atoms with Crippen molar-refractivity contribution in [1.82, 2.24) is 14.5 Å². The van der Waals surface area contributed by atoms with Gasteiger partial charge in [-0.05, 0) is 75.9 Å². The molecule has 7 nitrogen and oxygen atoms in total. The molecule has 3 heterocycles. The molecule has 29 heavy (non-hydrogen) atoms. The van der Waals surface area contributed by atoms with Crippen LogP contribution in [0.4, 0.5) is 0 Å². The van der Waals surface area contributed by atoms with E-state index in [0.717, 1.165) is 38.8 Å². The molecule has 4 rings (SSSR count). The Kier molecular flexibility index (Phi) is 6.53. The molecule has 1 unspecified atom stereocenters.